The number of carbonyl (C=O) groups is 1. The summed E-state index contributed by atoms with van der Waals surface area (Å²) in [4.78, 5) is 16.4. The van der Waals surface area contributed by atoms with Crippen LogP contribution in [0.5, 0.6) is 0 Å². The molecule has 0 radical (unpaired) electrons. The number of rotatable bonds is 3. The second kappa shape index (κ2) is 5.35. The van der Waals surface area contributed by atoms with Crippen molar-refractivity contribution in [2.75, 3.05) is 26.2 Å². The van der Waals surface area contributed by atoms with Crippen LogP contribution in [0.1, 0.15) is 18.4 Å². The molecular formula is C15H20ClN3O. The normalized spacial score (nSPS) is 21.8. The van der Waals surface area contributed by atoms with Gasteiger partial charge in [0.1, 0.15) is 0 Å². The van der Waals surface area contributed by atoms with Gasteiger partial charge in [0, 0.05) is 37.7 Å². The van der Waals surface area contributed by atoms with Gasteiger partial charge in [0.05, 0.1) is 5.54 Å². The summed E-state index contributed by atoms with van der Waals surface area (Å²) in [6.45, 7) is 4.29. The topological polar surface area (TPSA) is 49.6 Å². The minimum atomic E-state index is -0.529. The Hall–Kier alpha value is -1.10. The molecular weight excluding hydrogens is 274 g/mol. The summed E-state index contributed by atoms with van der Waals surface area (Å²) in [7, 11) is 0. The first-order chi connectivity index (χ1) is 9.57. The first-order valence-corrected chi connectivity index (χ1v) is 7.50. The van der Waals surface area contributed by atoms with Crippen LogP contribution in [0, 0.1) is 0 Å². The zero-order chi connectivity index (χ0) is 14.2. The number of nitrogens with two attached hydrogens (primary N) is 1. The molecule has 0 aromatic heterocycles. The van der Waals surface area contributed by atoms with E-state index in [0.29, 0.717) is 0 Å². The molecule has 1 saturated heterocycles. The monoisotopic (exact) mass is 293 g/mol. The molecule has 1 amide bonds. The van der Waals surface area contributed by atoms with E-state index in [4.69, 9.17) is 17.3 Å². The smallest absolute Gasteiger partial charge is 0.242 e. The first kappa shape index (κ1) is 13.9. The van der Waals surface area contributed by atoms with Gasteiger partial charge in [-0.05, 0) is 30.5 Å². The predicted molar refractivity (Wildman–Crippen MR) is 79.5 cm³/mol. The number of hydrogen-bond acceptors (Lipinski definition) is 3. The minimum absolute atomic E-state index is 0.142. The third-order valence-electron chi connectivity index (χ3n) is 4.19. The second-order valence-electron chi connectivity index (χ2n) is 5.85. The van der Waals surface area contributed by atoms with Gasteiger partial charge in [-0.2, -0.15) is 0 Å². The van der Waals surface area contributed by atoms with Crippen LogP contribution < -0.4 is 5.73 Å². The number of benzene rings is 1. The highest BCUT2D eigenvalue weighted by Crippen LogP contribution is 2.34. The maximum atomic E-state index is 12.2. The number of piperazine rings is 1. The second-order valence-corrected chi connectivity index (χ2v) is 6.29. The summed E-state index contributed by atoms with van der Waals surface area (Å²) >= 11 is 5.89. The van der Waals surface area contributed by atoms with E-state index in [1.165, 1.54) is 5.56 Å². The molecule has 1 heterocycles. The van der Waals surface area contributed by atoms with Gasteiger partial charge in [-0.1, -0.05) is 23.7 Å². The molecule has 2 N–H and O–H groups in total. The first-order valence-electron chi connectivity index (χ1n) is 7.12. The Kier molecular flexibility index (Phi) is 3.71. The van der Waals surface area contributed by atoms with Crippen molar-refractivity contribution in [2.24, 2.45) is 5.73 Å². The zero-order valence-corrected chi connectivity index (χ0v) is 12.3. The van der Waals surface area contributed by atoms with Crippen molar-refractivity contribution >= 4 is 17.5 Å². The standard InChI is InChI=1S/C15H20ClN3O/c16-13-3-1-12(2-4-13)11-18-7-9-19(10-8-18)14(20)15(17)5-6-15/h1-4H,5-11,17H2. The fraction of sp³-hybridized carbons (Fsp3) is 0.533. The number of halogens is 1. The Labute approximate surface area is 124 Å². The Morgan fingerprint density at radius 1 is 1.15 bits per heavy atom. The van der Waals surface area contributed by atoms with Gasteiger partial charge >= 0.3 is 0 Å². The SMILES string of the molecule is NC1(C(=O)N2CCN(Cc3ccc(Cl)cc3)CC2)CC1. The predicted octanol–water partition coefficient (Wildman–Crippen LogP) is 1.48. The Morgan fingerprint density at radius 3 is 2.30 bits per heavy atom. The summed E-state index contributed by atoms with van der Waals surface area (Å²) < 4.78 is 0. The average molecular weight is 294 g/mol. The van der Waals surface area contributed by atoms with Crippen molar-refractivity contribution < 1.29 is 4.79 Å². The quantitative estimate of drug-likeness (QED) is 0.918. The van der Waals surface area contributed by atoms with E-state index in [1.54, 1.807) is 0 Å². The molecule has 108 valence electrons. The van der Waals surface area contributed by atoms with E-state index < -0.39 is 5.54 Å². The average Bonchev–Trinajstić information content (AvgIpc) is 3.21. The van der Waals surface area contributed by atoms with E-state index in [1.807, 2.05) is 17.0 Å². The van der Waals surface area contributed by atoms with Crippen LogP contribution in [0.3, 0.4) is 0 Å². The Bertz CT molecular complexity index is 490. The van der Waals surface area contributed by atoms with Crippen LogP contribution in [0.4, 0.5) is 0 Å². The maximum absolute atomic E-state index is 12.2. The van der Waals surface area contributed by atoms with Gasteiger partial charge in [0.2, 0.25) is 5.91 Å². The van der Waals surface area contributed by atoms with E-state index in [0.717, 1.165) is 50.6 Å². The van der Waals surface area contributed by atoms with Crippen LogP contribution in [-0.4, -0.2) is 47.4 Å². The summed E-state index contributed by atoms with van der Waals surface area (Å²) in [5, 5.41) is 0.766. The van der Waals surface area contributed by atoms with Gasteiger partial charge in [-0.15, -0.1) is 0 Å². The van der Waals surface area contributed by atoms with E-state index >= 15 is 0 Å². The van der Waals surface area contributed by atoms with Crippen LogP contribution in [0.15, 0.2) is 24.3 Å². The van der Waals surface area contributed by atoms with Gasteiger partial charge in [-0.25, -0.2) is 0 Å². The highest BCUT2D eigenvalue weighted by atomic mass is 35.5. The molecule has 1 aromatic carbocycles. The van der Waals surface area contributed by atoms with Crippen molar-refractivity contribution in [1.29, 1.82) is 0 Å². The molecule has 1 saturated carbocycles. The third kappa shape index (κ3) is 2.97. The fourth-order valence-corrected chi connectivity index (χ4v) is 2.75. The van der Waals surface area contributed by atoms with E-state index in [-0.39, 0.29) is 5.91 Å². The van der Waals surface area contributed by atoms with Crippen molar-refractivity contribution in [1.82, 2.24) is 9.80 Å². The maximum Gasteiger partial charge on any atom is 0.242 e. The molecule has 20 heavy (non-hydrogen) atoms. The van der Waals surface area contributed by atoms with Crippen molar-refractivity contribution in [2.45, 2.75) is 24.9 Å². The molecule has 0 unspecified atom stereocenters. The molecule has 1 aromatic rings. The lowest BCUT2D eigenvalue weighted by Gasteiger charge is -2.36. The lowest BCUT2D eigenvalue weighted by molar-refractivity contribution is -0.135. The lowest BCUT2D eigenvalue weighted by atomic mass is 10.2. The van der Waals surface area contributed by atoms with Gasteiger partial charge in [0.25, 0.3) is 0 Å². The van der Waals surface area contributed by atoms with E-state index in [2.05, 4.69) is 17.0 Å². The van der Waals surface area contributed by atoms with Crippen molar-refractivity contribution in [3.8, 4) is 0 Å². The number of amides is 1. The summed E-state index contributed by atoms with van der Waals surface area (Å²) in [5.74, 6) is 0.142. The van der Waals surface area contributed by atoms with Crippen LogP contribution >= 0.6 is 11.6 Å². The molecule has 3 rings (SSSR count). The molecule has 0 spiro atoms. The molecule has 1 aliphatic heterocycles. The van der Waals surface area contributed by atoms with Crippen LogP contribution in [0.25, 0.3) is 0 Å². The lowest BCUT2D eigenvalue weighted by Crippen LogP contribution is -2.53. The summed E-state index contributed by atoms with van der Waals surface area (Å²) in [5.41, 5.74) is 6.70. The fourth-order valence-electron chi connectivity index (χ4n) is 2.62. The molecule has 4 nitrogen and oxygen atoms in total. The van der Waals surface area contributed by atoms with Crippen molar-refractivity contribution in [3.63, 3.8) is 0 Å². The molecule has 1 aliphatic carbocycles. The number of hydrogen-bond donors (Lipinski definition) is 1. The highest BCUT2D eigenvalue weighted by molar-refractivity contribution is 6.30. The van der Waals surface area contributed by atoms with Gasteiger partial charge < -0.3 is 10.6 Å². The summed E-state index contributed by atoms with van der Waals surface area (Å²) in [6, 6.07) is 7.95. The largest absolute Gasteiger partial charge is 0.339 e. The third-order valence-corrected chi connectivity index (χ3v) is 4.45. The van der Waals surface area contributed by atoms with Gasteiger partial charge in [0.15, 0.2) is 0 Å². The Balaban J connectivity index is 1.51. The zero-order valence-electron chi connectivity index (χ0n) is 11.5. The van der Waals surface area contributed by atoms with Gasteiger partial charge in [-0.3, -0.25) is 9.69 Å². The van der Waals surface area contributed by atoms with Crippen LogP contribution in [-0.2, 0) is 11.3 Å². The highest BCUT2D eigenvalue weighted by Gasteiger charge is 2.48. The number of nitrogens with zero attached hydrogens (tertiary/aromatic N) is 2. The van der Waals surface area contributed by atoms with E-state index in [9.17, 15) is 4.79 Å². The number of carbonyl (C=O) groups excluding carboxylic acids is 1. The molecule has 5 heteroatoms. The van der Waals surface area contributed by atoms with Crippen LogP contribution in [0.2, 0.25) is 5.02 Å². The molecule has 0 bridgehead atoms. The van der Waals surface area contributed by atoms with Crippen molar-refractivity contribution in [3.05, 3.63) is 34.9 Å². The Morgan fingerprint density at radius 2 is 1.75 bits per heavy atom. The minimum Gasteiger partial charge on any atom is -0.339 e. The summed E-state index contributed by atoms with van der Waals surface area (Å²) in [6.07, 6.45) is 1.69. The molecule has 0 atom stereocenters. The molecule has 2 aliphatic rings. The molecule has 2 fully saturated rings.